The van der Waals surface area contributed by atoms with Crippen LogP contribution >= 0.6 is 0 Å². The van der Waals surface area contributed by atoms with Crippen LogP contribution in [0.2, 0.25) is 0 Å². The molecule has 0 aliphatic heterocycles. The summed E-state index contributed by atoms with van der Waals surface area (Å²) in [5, 5.41) is 6.82. The molecule has 0 bridgehead atoms. The SMILES string of the molecule is CN(c1nc(NCCOCCOCCN)nc(NCCC(c2ccccc2)c2ccccc2)n1)C1CCCCC1. The Bertz CT molecular complexity index is 1060. The summed E-state index contributed by atoms with van der Waals surface area (Å²) >= 11 is 0. The van der Waals surface area contributed by atoms with E-state index in [1.165, 1.54) is 43.2 Å². The third-order valence-corrected chi connectivity index (χ3v) is 7.35. The number of benzene rings is 2. The van der Waals surface area contributed by atoms with Gasteiger partial charge in [-0.15, -0.1) is 0 Å². The van der Waals surface area contributed by atoms with E-state index in [-0.39, 0.29) is 5.92 Å². The lowest BCUT2D eigenvalue weighted by molar-refractivity contribution is 0.0547. The molecule has 0 amide bonds. The molecule has 4 N–H and O–H groups in total. The lowest BCUT2D eigenvalue weighted by Gasteiger charge is -2.31. The highest BCUT2D eigenvalue weighted by Crippen LogP contribution is 2.28. The Morgan fingerprint density at radius 1 is 0.775 bits per heavy atom. The molecule has 0 radical (unpaired) electrons. The van der Waals surface area contributed by atoms with E-state index in [4.69, 9.17) is 30.2 Å². The number of nitrogens with one attached hydrogen (secondary N) is 2. The van der Waals surface area contributed by atoms with E-state index >= 15 is 0 Å². The van der Waals surface area contributed by atoms with Crippen molar-refractivity contribution in [2.24, 2.45) is 5.73 Å². The minimum atomic E-state index is 0.282. The van der Waals surface area contributed by atoms with Crippen LogP contribution in [0.25, 0.3) is 0 Å². The highest BCUT2D eigenvalue weighted by Gasteiger charge is 2.22. The fourth-order valence-corrected chi connectivity index (χ4v) is 5.18. The third kappa shape index (κ3) is 9.43. The summed E-state index contributed by atoms with van der Waals surface area (Å²) < 4.78 is 11.0. The van der Waals surface area contributed by atoms with E-state index in [0.717, 1.165) is 13.0 Å². The van der Waals surface area contributed by atoms with Crippen LogP contribution in [0.1, 0.15) is 55.6 Å². The normalized spacial score (nSPS) is 13.9. The summed E-state index contributed by atoms with van der Waals surface area (Å²) in [7, 11) is 2.10. The van der Waals surface area contributed by atoms with Gasteiger partial charge in [0.2, 0.25) is 17.8 Å². The van der Waals surface area contributed by atoms with Gasteiger partial charge in [-0.1, -0.05) is 79.9 Å². The van der Waals surface area contributed by atoms with Crippen molar-refractivity contribution in [1.29, 1.82) is 0 Å². The Balaban J connectivity index is 1.40. The van der Waals surface area contributed by atoms with Crippen molar-refractivity contribution in [2.45, 2.75) is 50.5 Å². The molecule has 3 aromatic rings. The number of nitrogens with two attached hydrogens (primary N) is 1. The molecule has 2 aromatic carbocycles. The summed E-state index contributed by atoms with van der Waals surface area (Å²) in [6.07, 6.45) is 7.07. The number of hydrogen-bond donors (Lipinski definition) is 3. The summed E-state index contributed by atoms with van der Waals surface area (Å²) in [6.45, 7) is 4.01. The van der Waals surface area contributed by atoms with Gasteiger partial charge in [0.1, 0.15) is 0 Å². The monoisotopic (exact) mass is 547 g/mol. The average Bonchev–Trinajstić information content (AvgIpc) is 3.01. The van der Waals surface area contributed by atoms with Gasteiger partial charge in [0.15, 0.2) is 0 Å². The van der Waals surface area contributed by atoms with Crippen molar-refractivity contribution >= 4 is 17.8 Å². The Hall–Kier alpha value is -3.27. The molecule has 4 rings (SSSR count). The van der Waals surface area contributed by atoms with Gasteiger partial charge in [-0.3, -0.25) is 0 Å². The van der Waals surface area contributed by atoms with Gasteiger partial charge in [0.05, 0.1) is 26.4 Å². The minimum Gasteiger partial charge on any atom is -0.378 e. The van der Waals surface area contributed by atoms with Crippen molar-refractivity contribution in [3.63, 3.8) is 0 Å². The molecule has 9 nitrogen and oxygen atoms in total. The van der Waals surface area contributed by atoms with Crippen molar-refractivity contribution in [3.05, 3.63) is 71.8 Å². The number of ether oxygens (including phenoxy) is 2. The molecule has 0 atom stereocenters. The first-order valence-electron chi connectivity index (χ1n) is 14.7. The predicted octanol–water partition coefficient (Wildman–Crippen LogP) is 4.68. The van der Waals surface area contributed by atoms with Crippen LogP contribution in [0, 0.1) is 0 Å². The van der Waals surface area contributed by atoms with Crippen LogP contribution in [0.15, 0.2) is 60.7 Å². The number of hydrogen-bond acceptors (Lipinski definition) is 9. The molecule has 0 saturated heterocycles. The highest BCUT2D eigenvalue weighted by atomic mass is 16.5. The van der Waals surface area contributed by atoms with Crippen LogP contribution in [-0.4, -0.2) is 74.1 Å². The quantitative estimate of drug-likeness (QED) is 0.208. The van der Waals surface area contributed by atoms with Crippen LogP contribution in [0.4, 0.5) is 17.8 Å². The maximum absolute atomic E-state index is 5.65. The number of rotatable bonds is 17. The lowest BCUT2D eigenvalue weighted by atomic mass is 9.88. The number of nitrogens with zero attached hydrogens (tertiary/aromatic N) is 4. The summed E-state index contributed by atoms with van der Waals surface area (Å²) in [5.41, 5.74) is 8.05. The molecule has 1 heterocycles. The van der Waals surface area contributed by atoms with Crippen LogP contribution < -0.4 is 21.3 Å². The Morgan fingerprint density at radius 2 is 1.35 bits per heavy atom. The molecule has 1 fully saturated rings. The molecule has 0 spiro atoms. The third-order valence-electron chi connectivity index (χ3n) is 7.35. The lowest BCUT2D eigenvalue weighted by Crippen LogP contribution is -2.35. The van der Waals surface area contributed by atoms with E-state index in [9.17, 15) is 0 Å². The minimum absolute atomic E-state index is 0.282. The van der Waals surface area contributed by atoms with E-state index in [2.05, 4.69) is 83.2 Å². The standard InChI is InChI=1S/C31H45N7O2/c1-38(27-15-9-4-10-16-27)31-36-29(35-30(37-31)34-20-22-40-24-23-39-21-18-32)33-19-17-28(25-11-5-2-6-12-25)26-13-7-3-8-14-26/h2-3,5-8,11-14,27-28H,4,9-10,15-24,32H2,1H3,(H2,33,34,35,36,37). The molecule has 0 unspecified atom stereocenters. The summed E-state index contributed by atoms with van der Waals surface area (Å²) in [5.74, 6) is 2.13. The van der Waals surface area contributed by atoms with E-state index in [1.54, 1.807) is 0 Å². The van der Waals surface area contributed by atoms with Gasteiger partial charge < -0.3 is 30.7 Å². The zero-order valence-corrected chi connectivity index (χ0v) is 23.8. The van der Waals surface area contributed by atoms with Crippen LogP contribution in [0.3, 0.4) is 0 Å². The molecule has 1 aliphatic carbocycles. The maximum Gasteiger partial charge on any atom is 0.231 e. The van der Waals surface area contributed by atoms with Gasteiger partial charge in [0, 0.05) is 38.6 Å². The fourth-order valence-electron chi connectivity index (χ4n) is 5.18. The average molecular weight is 548 g/mol. The smallest absolute Gasteiger partial charge is 0.231 e. The van der Waals surface area contributed by atoms with E-state index in [1.807, 2.05) is 0 Å². The Kier molecular flexibility index (Phi) is 12.4. The highest BCUT2D eigenvalue weighted by molar-refractivity contribution is 5.44. The van der Waals surface area contributed by atoms with Gasteiger partial charge in [-0.25, -0.2) is 0 Å². The van der Waals surface area contributed by atoms with Crippen molar-refractivity contribution in [3.8, 4) is 0 Å². The first kappa shape index (κ1) is 29.7. The Morgan fingerprint density at radius 3 is 1.95 bits per heavy atom. The molecule has 1 aromatic heterocycles. The van der Waals surface area contributed by atoms with Gasteiger partial charge >= 0.3 is 0 Å². The second-order valence-corrected chi connectivity index (χ2v) is 10.2. The number of aromatic nitrogens is 3. The fraction of sp³-hybridized carbons (Fsp3) is 0.516. The van der Waals surface area contributed by atoms with Crippen LogP contribution in [0.5, 0.6) is 0 Å². The zero-order chi connectivity index (χ0) is 27.8. The van der Waals surface area contributed by atoms with Crippen molar-refractivity contribution in [1.82, 2.24) is 15.0 Å². The molecular formula is C31H45N7O2. The molecular weight excluding hydrogens is 502 g/mol. The summed E-state index contributed by atoms with van der Waals surface area (Å²) in [4.78, 5) is 16.5. The van der Waals surface area contributed by atoms with Gasteiger partial charge in [-0.05, 0) is 30.4 Å². The van der Waals surface area contributed by atoms with Gasteiger partial charge in [-0.2, -0.15) is 15.0 Å². The molecule has 40 heavy (non-hydrogen) atoms. The second kappa shape index (κ2) is 16.7. The van der Waals surface area contributed by atoms with Gasteiger partial charge in [0.25, 0.3) is 0 Å². The molecule has 9 heteroatoms. The van der Waals surface area contributed by atoms with Crippen molar-refractivity contribution in [2.75, 3.05) is 68.6 Å². The van der Waals surface area contributed by atoms with E-state index in [0.29, 0.717) is 63.4 Å². The topological polar surface area (TPSA) is 110 Å². The van der Waals surface area contributed by atoms with Crippen LogP contribution in [-0.2, 0) is 9.47 Å². The first-order valence-corrected chi connectivity index (χ1v) is 14.7. The Labute approximate surface area is 238 Å². The number of anilines is 3. The maximum atomic E-state index is 5.65. The largest absolute Gasteiger partial charge is 0.378 e. The predicted molar refractivity (Wildman–Crippen MR) is 162 cm³/mol. The molecule has 216 valence electrons. The van der Waals surface area contributed by atoms with Crippen molar-refractivity contribution < 1.29 is 9.47 Å². The summed E-state index contributed by atoms with van der Waals surface area (Å²) in [6, 6.07) is 21.8. The molecule has 1 aliphatic rings. The molecule has 1 saturated carbocycles. The zero-order valence-electron chi connectivity index (χ0n) is 23.8. The second-order valence-electron chi connectivity index (χ2n) is 10.2. The van der Waals surface area contributed by atoms with E-state index < -0.39 is 0 Å². The first-order chi connectivity index (χ1) is 19.7.